The van der Waals surface area contributed by atoms with Crippen molar-refractivity contribution in [1.29, 1.82) is 0 Å². The Hall–Kier alpha value is -4.00. The molecule has 0 unspecified atom stereocenters. The molecule has 7 nitrogen and oxygen atoms in total. The van der Waals surface area contributed by atoms with Gasteiger partial charge < -0.3 is 14.6 Å². The van der Waals surface area contributed by atoms with Gasteiger partial charge in [-0.05, 0) is 30.2 Å². The van der Waals surface area contributed by atoms with Crippen molar-refractivity contribution >= 4 is 22.6 Å². The Morgan fingerprint density at radius 3 is 2.53 bits per heavy atom. The molecule has 0 aliphatic heterocycles. The Labute approximate surface area is 185 Å². The van der Waals surface area contributed by atoms with Gasteiger partial charge in [0.05, 0.1) is 30.0 Å². The second kappa shape index (κ2) is 9.87. The van der Waals surface area contributed by atoms with Crippen LogP contribution in [0.15, 0.2) is 77.7 Å². The minimum atomic E-state index is -0.206. The molecule has 0 saturated carbocycles. The van der Waals surface area contributed by atoms with Crippen LogP contribution in [0.1, 0.15) is 17.7 Å². The van der Waals surface area contributed by atoms with Crippen molar-refractivity contribution in [3.8, 4) is 5.88 Å². The molecule has 7 heteroatoms. The minimum Gasteiger partial charge on any atom is -0.481 e. The second-order valence-corrected chi connectivity index (χ2v) is 7.38. The lowest BCUT2D eigenvalue weighted by atomic mass is 10.1. The Balaban J connectivity index is 1.51. The van der Waals surface area contributed by atoms with Gasteiger partial charge in [0.2, 0.25) is 11.8 Å². The number of aromatic nitrogens is 3. The van der Waals surface area contributed by atoms with Gasteiger partial charge in [-0.25, -0.2) is 9.97 Å². The first-order valence-corrected chi connectivity index (χ1v) is 10.5. The van der Waals surface area contributed by atoms with Gasteiger partial charge in [0.15, 0.2) is 0 Å². The monoisotopic (exact) mass is 428 g/mol. The molecule has 1 amide bonds. The fraction of sp³-hybridized carbons (Fsp3) is 0.200. The summed E-state index contributed by atoms with van der Waals surface area (Å²) in [7, 11) is 1.53. The molecule has 32 heavy (non-hydrogen) atoms. The van der Waals surface area contributed by atoms with Gasteiger partial charge >= 0.3 is 0 Å². The molecular formula is C25H24N4O3. The van der Waals surface area contributed by atoms with Crippen molar-refractivity contribution in [3.63, 3.8) is 0 Å². The Morgan fingerprint density at radius 2 is 1.78 bits per heavy atom. The third kappa shape index (κ3) is 5.00. The summed E-state index contributed by atoms with van der Waals surface area (Å²) in [6.45, 7) is 0.544. The highest BCUT2D eigenvalue weighted by Crippen LogP contribution is 2.14. The third-order valence-electron chi connectivity index (χ3n) is 5.20. The number of anilines is 1. The number of methoxy groups -OCH3 is 1. The number of nitrogens with zero attached hydrogens (tertiary/aromatic N) is 3. The number of amides is 1. The number of rotatable bonds is 8. The first-order chi connectivity index (χ1) is 15.6. The zero-order valence-electron chi connectivity index (χ0n) is 17.8. The fourth-order valence-corrected chi connectivity index (χ4v) is 3.55. The smallest absolute Gasteiger partial charge is 0.272 e. The Kier molecular flexibility index (Phi) is 6.55. The van der Waals surface area contributed by atoms with E-state index in [0.717, 1.165) is 23.0 Å². The van der Waals surface area contributed by atoms with E-state index >= 15 is 0 Å². The molecule has 0 atom stereocenters. The van der Waals surface area contributed by atoms with Crippen LogP contribution >= 0.6 is 0 Å². The van der Waals surface area contributed by atoms with Gasteiger partial charge in [-0.2, -0.15) is 0 Å². The zero-order chi connectivity index (χ0) is 22.3. The van der Waals surface area contributed by atoms with Crippen molar-refractivity contribution in [2.75, 3.05) is 12.4 Å². The van der Waals surface area contributed by atoms with Crippen LogP contribution in [-0.2, 0) is 24.2 Å². The number of para-hydroxylation sites is 2. The molecule has 162 valence electrons. The lowest BCUT2D eigenvalue weighted by molar-refractivity contribution is -0.116. The molecule has 1 N–H and O–H groups in total. The summed E-state index contributed by atoms with van der Waals surface area (Å²) in [5.74, 6) is 0.265. The van der Waals surface area contributed by atoms with E-state index in [-0.39, 0.29) is 24.3 Å². The normalized spacial score (nSPS) is 10.8. The first kappa shape index (κ1) is 21.2. The number of pyridine rings is 1. The number of benzene rings is 2. The molecule has 0 radical (unpaired) electrons. The van der Waals surface area contributed by atoms with Crippen LogP contribution in [0.4, 0.5) is 5.69 Å². The summed E-state index contributed by atoms with van der Waals surface area (Å²) in [6.07, 6.45) is 2.66. The van der Waals surface area contributed by atoms with Gasteiger partial charge in [-0.3, -0.25) is 9.59 Å². The van der Waals surface area contributed by atoms with Crippen LogP contribution in [0.5, 0.6) is 5.88 Å². The lowest BCUT2D eigenvalue weighted by Gasteiger charge is -2.12. The van der Waals surface area contributed by atoms with Crippen molar-refractivity contribution in [2.24, 2.45) is 0 Å². The SMILES string of the molecule is COc1ccc(NC(=O)CCc2nc3ccccc3n(CCc3ccccc3)c2=O)cn1. The second-order valence-electron chi connectivity index (χ2n) is 7.38. The number of fused-ring (bicyclic) bond motifs is 1. The summed E-state index contributed by atoms with van der Waals surface area (Å²) < 4.78 is 6.78. The predicted molar refractivity (Wildman–Crippen MR) is 124 cm³/mol. The minimum absolute atomic E-state index is 0.144. The summed E-state index contributed by atoms with van der Waals surface area (Å²) in [5.41, 5.74) is 3.51. The lowest BCUT2D eigenvalue weighted by Crippen LogP contribution is -2.27. The van der Waals surface area contributed by atoms with Crippen molar-refractivity contribution in [3.05, 3.63) is 94.5 Å². The highest BCUT2D eigenvalue weighted by molar-refractivity contribution is 5.90. The van der Waals surface area contributed by atoms with E-state index in [1.54, 1.807) is 16.7 Å². The van der Waals surface area contributed by atoms with Crippen molar-refractivity contribution in [1.82, 2.24) is 14.5 Å². The summed E-state index contributed by atoms with van der Waals surface area (Å²) in [5, 5.41) is 2.79. The molecule has 4 rings (SSSR count). The van der Waals surface area contributed by atoms with Gasteiger partial charge in [0.1, 0.15) is 5.69 Å². The number of carbonyl (C=O) groups excluding carboxylic acids is 1. The molecule has 2 heterocycles. The molecule has 0 fully saturated rings. The van der Waals surface area contributed by atoms with E-state index < -0.39 is 0 Å². The fourth-order valence-electron chi connectivity index (χ4n) is 3.55. The summed E-state index contributed by atoms with van der Waals surface area (Å²) in [6, 6.07) is 21.0. The predicted octanol–water partition coefficient (Wildman–Crippen LogP) is 3.61. The van der Waals surface area contributed by atoms with Gasteiger partial charge in [0, 0.05) is 25.5 Å². The maximum atomic E-state index is 13.2. The van der Waals surface area contributed by atoms with Gasteiger partial charge in [-0.1, -0.05) is 42.5 Å². The number of carbonyl (C=O) groups is 1. The molecule has 2 aromatic heterocycles. The summed E-state index contributed by atoms with van der Waals surface area (Å²) in [4.78, 5) is 34.2. The van der Waals surface area contributed by atoms with Crippen LogP contribution in [0, 0.1) is 0 Å². The van der Waals surface area contributed by atoms with E-state index in [1.807, 2.05) is 54.6 Å². The van der Waals surface area contributed by atoms with Gasteiger partial charge in [0.25, 0.3) is 5.56 Å². The first-order valence-electron chi connectivity index (χ1n) is 10.5. The van der Waals surface area contributed by atoms with E-state index in [4.69, 9.17) is 4.74 Å². The average molecular weight is 428 g/mol. The molecule has 4 aromatic rings. The molecule has 0 aliphatic carbocycles. The molecule has 0 aliphatic rings. The molecule has 0 bridgehead atoms. The standard InChI is InChI=1S/C25H24N4O3/c1-32-24-14-11-19(17-26-24)27-23(30)13-12-21-25(31)29(16-15-18-7-3-2-4-8-18)22-10-6-5-9-20(22)28-21/h2-11,14,17H,12-13,15-16H2,1H3,(H,27,30). The van der Waals surface area contributed by atoms with E-state index in [1.165, 1.54) is 13.3 Å². The van der Waals surface area contributed by atoms with Crippen LogP contribution in [0.25, 0.3) is 11.0 Å². The third-order valence-corrected chi connectivity index (χ3v) is 5.20. The maximum Gasteiger partial charge on any atom is 0.272 e. The van der Waals surface area contributed by atoms with Gasteiger partial charge in [-0.15, -0.1) is 0 Å². The average Bonchev–Trinajstić information content (AvgIpc) is 2.83. The number of hydrogen-bond acceptors (Lipinski definition) is 5. The quantitative estimate of drug-likeness (QED) is 0.463. The van der Waals surface area contributed by atoms with Crippen molar-refractivity contribution < 1.29 is 9.53 Å². The van der Waals surface area contributed by atoms with E-state index in [0.29, 0.717) is 23.8 Å². The number of ether oxygens (including phenoxy) is 1. The van der Waals surface area contributed by atoms with Crippen LogP contribution < -0.4 is 15.6 Å². The maximum absolute atomic E-state index is 13.2. The molecule has 2 aromatic carbocycles. The highest BCUT2D eigenvalue weighted by Gasteiger charge is 2.13. The highest BCUT2D eigenvalue weighted by atomic mass is 16.5. The molecule has 0 saturated heterocycles. The number of nitrogens with one attached hydrogen (secondary N) is 1. The zero-order valence-corrected chi connectivity index (χ0v) is 17.8. The van der Waals surface area contributed by atoms with Crippen LogP contribution in [0.3, 0.4) is 0 Å². The topological polar surface area (TPSA) is 86.1 Å². The largest absolute Gasteiger partial charge is 0.481 e. The number of aryl methyl sites for hydroxylation is 3. The van der Waals surface area contributed by atoms with Crippen LogP contribution in [0.2, 0.25) is 0 Å². The van der Waals surface area contributed by atoms with E-state index in [9.17, 15) is 9.59 Å². The number of hydrogen-bond donors (Lipinski definition) is 1. The van der Waals surface area contributed by atoms with Crippen LogP contribution in [-0.4, -0.2) is 27.6 Å². The Bertz CT molecular complexity index is 1270. The molecular weight excluding hydrogens is 404 g/mol. The van der Waals surface area contributed by atoms with Crippen molar-refractivity contribution in [2.45, 2.75) is 25.8 Å². The summed E-state index contributed by atoms with van der Waals surface area (Å²) >= 11 is 0. The van der Waals surface area contributed by atoms with E-state index in [2.05, 4.69) is 15.3 Å². The Morgan fingerprint density at radius 1 is 1.00 bits per heavy atom. The molecule has 0 spiro atoms.